The summed E-state index contributed by atoms with van der Waals surface area (Å²) in [6, 6.07) is 5.32. The number of benzene rings is 1. The second kappa shape index (κ2) is 5.03. The first kappa shape index (κ1) is 13.6. The molecule has 0 amide bonds. The van der Waals surface area contributed by atoms with Crippen molar-refractivity contribution in [2.75, 3.05) is 0 Å². The van der Waals surface area contributed by atoms with E-state index in [2.05, 4.69) is 30.3 Å². The van der Waals surface area contributed by atoms with Gasteiger partial charge in [-0.05, 0) is 30.9 Å². The molecule has 0 saturated heterocycles. The van der Waals surface area contributed by atoms with Crippen LogP contribution >= 0.6 is 0 Å². The summed E-state index contributed by atoms with van der Waals surface area (Å²) in [6.45, 7) is 9.39. The van der Waals surface area contributed by atoms with Crippen molar-refractivity contribution < 1.29 is 9.90 Å². The SMILES string of the molecule is Cc1nc2c(C(=O)O)cccc2n1CC(C)C(C)C. The predicted octanol–water partition coefficient (Wildman–Crippen LogP) is 3.34. The Morgan fingerprint density at radius 3 is 2.63 bits per heavy atom. The van der Waals surface area contributed by atoms with Crippen molar-refractivity contribution in [3.63, 3.8) is 0 Å². The van der Waals surface area contributed by atoms with Gasteiger partial charge in [0.25, 0.3) is 0 Å². The quantitative estimate of drug-likeness (QED) is 0.917. The number of nitrogens with zero attached hydrogens (tertiary/aromatic N) is 2. The third kappa shape index (κ3) is 2.48. The first-order chi connectivity index (χ1) is 8.91. The van der Waals surface area contributed by atoms with E-state index in [1.54, 1.807) is 12.1 Å². The lowest BCUT2D eigenvalue weighted by Gasteiger charge is -2.17. The molecule has 0 aliphatic heterocycles. The summed E-state index contributed by atoms with van der Waals surface area (Å²) in [4.78, 5) is 15.6. The molecule has 0 spiro atoms. The van der Waals surface area contributed by atoms with Gasteiger partial charge in [-0.15, -0.1) is 0 Å². The minimum Gasteiger partial charge on any atom is -0.478 e. The number of fused-ring (bicyclic) bond motifs is 1. The zero-order valence-corrected chi connectivity index (χ0v) is 11.8. The molecular formula is C15H20N2O2. The van der Waals surface area contributed by atoms with Crippen LogP contribution in [0.3, 0.4) is 0 Å². The van der Waals surface area contributed by atoms with Gasteiger partial charge in [0.05, 0.1) is 11.1 Å². The van der Waals surface area contributed by atoms with E-state index < -0.39 is 5.97 Å². The fourth-order valence-corrected chi connectivity index (χ4v) is 2.16. The van der Waals surface area contributed by atoms with Crippen molar-refractivity contribution in [1.82, 2.24) is 9.55 Å². The first-order valence-electron chi connectivity index (χ1n) is 6.61. The molecule has 4 heteroatoms. The van der Waals surface area contributed by atoms with Gasteiger partial charge < -0.3 is 9.67 Å². The number of carbonyl (C=O) groups is 1. The van der Waals surface area contributed by atoms with Gasteiger partial charge >= 0.3 is 5.97 Å². The number of hydrogen-bond donors (Lipinski definition) is 1. The summed E-state index contributed by atoms with van der Waals surface area (Å²) in [6.07, 6.45) is 0. The maximum Gasteiger partial charge on any atom is 0.337 e. The van der Waals surface area contributed by atoms with Gasteiger partial charge in [0, 0.05) is 6.54 Å². The molecule has 2 aromatic rings. The van der Waals surface area contributed by atoms with Crippen LogP contribution in [0.1, 0.15) is 37.0 Å². The zero-order valence-electron chi connectivity index (χ0n) is 11.8. The summed E-state index contributed by atoms with van der Waals surface area (Å²) in [7, 11) is 0. The van der Waals surface area contributed by atoms with Crippen LogP contribution < -0.4 is 0 Å². The number of aryl methyl sites for hydroxylation is 1. The molecule has 19 heavy (non-hydrogen) atoms. The second-order valence-corrected chi connectivity index (χ2v) is 5.47. The molecule has 1 atom stereocenters. The number of hydrogen-bond acceptors (Lipinski definition) is 2. The fourth-order valence-electron chi connectivity index (χ4n) is 2.16. The van der Waals surface area contributed by atoms with Gasteiger partial charge in [-0.1, -0.05) is 26.8 Å². The molecule has 0 fully saturated rings. The Hall–Kier alpha value is -1.84. The summed E-state index contributed by atoms with van der Waals surface area (Å²) in [5, 5.41) is 9.20. The molecule has 0 bridgehead atoms. The van der Waals surface area contributed by atoms with Crippen molar-refractivity contribution >= 4 is 17.0 Å². The standard InChI is InChI=1S/C15H20N2O2/c1-9(2)10(3)8-17-11(4)16-14-12(15(18)19)6-5-7-13(14)17/h5-7,9-10H,8H2,1-4H3,(H,18,19). The van der Waals surface area contributed by atoms with E-state index in [1.807, 2.05) is 13.0 Å². The maximum absolute atomic E-state index is 11.2. The number of rotatable bonds is 4. The molecule has 4 nitrogen and oxygen atoms in total. The highest BCUT2D eigenvalue weighted by Gasteiger charge is 2.17. The Morgan fingerprint density at radius 1 is 1.37 bits per heavy atom. The number of aromatic nitrogens is 2. The topological polar surface area (TPSA) is 55.1 Å². The summed E-state index contributed by atoms with van der Waals surface area (Å²) < 4.78 is 2.12. The van der Waals surface area contributed by atoms with Crippen molar-refractivity contribution in [3.05, 3.63) is 29.6 Å². The zero-order chi connectivity index (χ0) is 14.2. The van der Waals surface area contributed by atoms with E-state index in [-0.39, 0.29) is 5.56 Å². The average Bonchev–Trinajstić information content (AvgIpc) is 2.65. The third-order valence-corrected chi connectivity index (χ3v) is 3.81. The third-order valence-electron chi connectivity index (χ3n) is 3.81. The molecular weight excluding hydrogens is 240 g/mol. The van der Waals surface area contributed by atoms with E-state index in [1.165, 1.54) is 0 Å². The van der Waals surface area contributed by atoms with Gasteiger partial charge in [-0.2, -0.15) is 0 Å². The highest BCUT2D eigenvalue weighted by molar-refractivity contribution is 6.01. The van der Waals surface area contributed by atoms with Crippen LogP contribution in [0.4, 0.5) is 0 Å². The summed E-state index contributed by atoms with van der Waals surface area (Å²) in [5.41, 5.74) is 1.77. The van der Waals surface area contributed by atoms with Gasteiger partial charge in [0.1, 0.15) is 11.3 Å². The monoisotopic (exact) mass is 260 g/mol. The van der Waals surface area contributed by atoms with Gasteiger partial charge in [0.15, 0.2) is 0 Å². The Morgan fingerprint density at radius 2 is 2.05 bits per heavy atom. The van der Waals surface area contributed by atoms with E-state index in [0.717, 1.165) is 17.9 Å². The molecule has 102 valence electrons. The number of aromatic carboxylic acids is 1. The molecule has 1 unspecified atom stereocenters. The highest BCUT2D eigenvalue weighted by Crippen LogP contribution is 2.23. The lowest BCUT2D eigenvalue weighted by Crippen LogP contribution is -2.14. The minimum atomic E-state index is -0.924. The van der Waals surface area contributed by atoms with E-state index in [9.17, 15) is 9.90 Å². The van der Waals surface area contributed by atoms with E-state index >= 15 is 0 Å². The summed E-state index contributed by atoms with van der Waals surface area (Å²) >= 11 is 0. The smallest absolute Gasteiger partial charge is 0.337 e. The highest BCUT2D eigenvalue weighted by atomic mass is 16.4. The molecule has 0 aliphatic rings. The van der Waals surface area contributed by atoms with Crippen LogP contribution in [0, 0.1) is 18.8 Å². The minimum absolute atomic E-state index is 0.275. The molecule has 0 aliphatic carbocycles. The molecule has 1 heterocycles. The Bertz CT molecular complexity index is 614. The van der Waals surface area contributed by atoms with Crippen LogP contribution in [0.5, 0.6) is 0 Å². The van der Waals surface area contributed by atoms with Crippen molar-refractivity contribution in [2.45, 2.75) is 34.2 Å². The van der Waals surface area contributed by atoms with Crippen LogP contribution in [0.15, 0.2) is 18.2 Å². The second-order valence-electron chi connectivity index (χ2n) is 5.47. The largest absolute Gasteiger partial charge is 0.478 e. The van der Waals surface area contributed by atoms with E-state index in [4.69, 9.17) is 0 Å². The van der Waals surface area contributed by atoms with Gasteiger partial charge in [-0.3, -0.25) is 0 Å². The normalized spacial score (nSPS) is 13.1. The van der Waals surface area contributed by atoms with Crippen LogP contribution in [-0.2, 0) is 6.54 Å². The maximum atomic E-state index is 11.2. The lowest BCUT2D eigenvalue weighted by molar-refractivity contribution is 0.0699. The number of carboxylic acid groups (broad SMARTS) is 1. The number of para-hydroxylation sites is 1. The predicted molar refractivity (Wildman–Crippen MR) is 75.4 cm³/mol. The Balaban J connectivity index is 2.54. The number of carboxylic acids is 1. The molecule has 1 N–H and O–H groups in total. The molecule has 0 saturated carbocycles. The molecule has 2 rings (SSSR count). The average molecular weight is 260 g/mol. The van der Waals surface area contributed by atoms with Crippen molar-refractivity contribution in [1.29, 1.82) is 0 Å². The number of imidazole rings is 1. The molecule has 0 radical (unpaired) electrons. The Kier molecular flexibility index (Phi) is 3.60. The molecule has 1 aromatic heterocycles. The van der Waals surface area contributed by atoms with E-state index in [0.29, 0.717) is 17.4 Å². The molecule has 1 aromatic carbocycles. The Labute approximate surface area is 113 Å². The summed E-state index contributed by atoms with van der Waals surface area (Å²) in [5.74, 6) is 1.05. The van der Waals surface area contributed by atoms with Gasteiger partial charge in [-0.25, -0.2) is 9.78 Å². The first-order valence-corrected chi connectivity index (χ1v) is 6.61. The van der Waals surface area contributed by atoms with Crippen LogP contribution in [0.25, 0.3) is 11.0 Å². The van der Waals surface area contributed by atoms with Crippen molar-refractivity contribution in [3.8, 4) is 0 Å². The van der Waals surface area contributed by atoms with Crippen LogP contribution in [0.2, 0.25) is 0 Å². The van der Waals surface area contributed by atoms with Crippen LogP contribution in [-0.4, -0.2) is 20.6 Å². The lowest BCUT2D eigenvalue weighted by atomic mass is 9.98. The fraction of sp³-hybridized carbons (Fsp3) is 0.467. The van der Waals surface area contributed by atoms with Gasteiger partial charge in [0.2, 0.25) is 0 Å². The van der Waals surface area contributed by atoms with Crippen molar-refractivity contribution in [2.24, 2.45) is 11.8 Å².